The van der Waals surface area contributed by atoms with Crippen molar-refractivity contribution < 1.29 is 14.7 Å². The van der Waals surface area contributed by atoms with Crippen molar-refractivity contribution in [1.82, 2.24) is 5.32 Å². The number of amides is 1. The molecule has 0 aliphatic heterocycles. The fourth-order valence-electron chi connectivity index (χ4n) is 0.706. The van der Waals surface area contributed by atoms with Crippen LogP contribution in [0.5, 0.6) is 0 Å². The fourth-order valence-corrected chi connectivity index (χ4v) is 0.706. The normalized spacial score (nSPS) is 15.0. The molecule has 0 aromatic rings. The van der Waals surface area contributed by atoms with E-state index >= 15 is 0 Å². The minimum atomic E-state index is -0.890. The van der Waals surface area contributed by atoms with E-state index in [1.807, 2.05) is 0 Å². The first-order valence-electron chi connectivity index (χ1n) is 4.18. The summed E-state index contributed by atoms with van der Waals surface area (Å²) in [4.78, 5) is 11.4. The summed E-state index contributed by atoms with van der Waals surface area (Å²) in [6.07, 6.45) is -0.569. The second kappa shape index (κ2) is 4.80. The molecule has 1 unspecified atom stereocenters. The van der Waals surface area contributed by atoms with Gasteiger partial charge in [0.15, 0.2) is 5.84 Å². The third-order valence-corrected chi connectivity index (χ3v) is 1.91. The van der Waals surface area contributed by atoms with E-state index in [2.05, 4.69) is 10.5 Å². The van der Waals surface area contributed by atoms with Crippen molar-refractivity contribution >= 4 is 11.7 Å². The van der Waals surface area contributed by atoms with Gasteiger partial charge in [-0.25, -0.2) is 0 Å². The highest BCUT2D eigenvalue weighted by Gasteiger charge is 2.27. The van der Waals surface area contributed by atoms with Gasteiger partial charge in [-0.1, -0.05) is 5.16 Å². The summed E-state index contributed by atoms with van der Waals surface area (Å²) >= 11 is 0. The van der Waals surface area contributed by atoms with Gasteiger partial charge in [-0.05, 0) is 20.8 Å². The molecule has 0 bridgehead atoms. The van der Waals surface area contributed by atoms with Crippen LogP contribution in [0.3, 0.4) is 0 Å². The zero-order chi connectivity index (χ0) is 11.4. The Morgan fingerprint density at radius 3 is 2.50 bits per heavy atom. The van der Waals surface area contributed by atoms with Gasteiger partial charge in [0.1, 0.15) is 6.10 Å². The van der Waals surface area contributed by atoms with E-state index in [9.17, 15) is 4.79 Å². The zero-order valence-electron chi connectivity index (χ0n) is 8.87. The van der Waals surface area contributed by atoms with Gasteiger partial charge >= 0.3 is 0 Å². The number of rotatable bonds is 4. The molecule has 0 aliphatic carbocycles. The number of hydrogen-bond donors (Lipinski definition) is 3. The lowest BCUT2D eigenvalue weighted by Crippen LogP contribution is -2.55. The van der Waals surface area contributed by atoms with Crippen LogP contribution in [0, 0.1) is 0 Å². The molecule has 1 amide bonds. The molecule has 0 aromatic heterocycles. The summed E-state index contributed by atoms with van der Waals surface area (Å²) < 4.78 is 4.82. The Kier molecular flexibility index (Phi) is 4.36. The fraction of sp³-hybridized carbons (Fsp3) is 0.750. The van der Waals surface area contributed by atoms with Gasteiger partial charge in [0.25, 0.3) is 0 Å². The zero-order valence-corrected chi connectivity index (χ0v) is 8.87. The van der Waals surface area contributed by atoms with Crippen molar-refractivity contribution in [3.05, 3.63) is 0 Å². The molecule has 0 aromatic carbocycles. The Hall–Kier alpha value is -1.30. The van der Waals surface area contributed by atoms with Crippen LogP contribution in [-0.4, -0.2) is 35.7 Å². The number of nitrogens with one attached hydrogen (secondary N) is 1. The number of amidine groups is 1. The van der Waals surface area contributed by atoms with Crippen molar-refractivity contribution in [3.8, 4) is 0 Å². The average molecular weight is 203 g/mol. The van der Waals surface area contributed by atoms with Gasteiger partial charge < -0.3 is 21.0 Å². The van der Waals surface area contributed by atoms with Crippen molar-refractivity contribution in [1.29, 1.82) is 0 Å². The van der Waals surface area contributed by atoms with Crippen molar-refractivity contribution in [3.63, 3.8) is 0 Å². The van der Waals surface area contributed by atoms with Crippen molar-refractivity contribution in [2.24, 2.45) is 10.9 Å². The predicted octanol–water partition coefficient (Wildman–Crippen LogP) is -0.337. The summed E-state index contributed by atoms with van der Waals surface area (Å²) in [7, 11) is 1.43. The number of nitrogens with two attached hydrogens (primary N) is 1. The maximum absolute atomic E-state index is 11.4. The van der Waals surface area contributed by atoms with Gasteiger partial charge in [-0.15, -0.1) is 0 Å². The Bertz CT molecular complexity index is 238. The number of ether oxygens (including phenoxy) is 1. The topological polar surface area (TPSA) is 96.9 Å². The lowest BCUT2D eigenvalue weighted by atomic mass is 10.0. The van der Waals surface area contributed by atoms with E-state index in [0.717, 1.165) is 0 Å². The van der Waals surface area contributed by atoms with Gasteiger partial charge in [-0.3, -0.25) is 4.79 Å². The third kappa shape index (κ3) is 3.21. The van der Waals surface area contributed by atoms with Crippen LogP contribution >= 0.6 is 0 Å². The molecule has 0 radical (unpaired) electrons. The van der Waals surface area contributed by atoms with E-state index in [-0.39, 0.29) is 11.7 Å². The number of hydrogen-bond acceptors (Lipinski definition) is 4. The van der Waals surface area contributed by atoms with E-state index < -0.39 is 11.6 Å². The van der Waals surface area contributed by atoms with Gasteiger partial charge in [-0.2, -0.15) is 0 Å². The largest absolute Gasteiger partial charge is 0.409 e. The Balaban J connectivity index is 4.44. The molecule has 0 saturated carbocycles. The highest BCUT2D eigenvalue weighted by molar-refractivity contribution is 5.94. The molecule has 4 N–H and O–H groups in total. The van der Waals surface area contributed by atoms with E-state index in [4.69, 9.17) is 15.7 Å². The van der Waals surface area contributed by atoms with Crippen LogP contribution in [-0.2, 0) is 9.53 Å². The number of carbonyl (C=O) groups excluding carboxylic acids is 1. The van der Waals surface area contributed by atoms with Crippen LogP contribution in [0.4, 0.5) is 0 Å². The molecule has 82 valence electrons. The van der Waals surface area contributed by atoms with Crippen LogP contribution in [0.1, 0.15) is 20.8 Å². The van der Waals surface area contributed by atoms with E-state index in [0.29, 0.717) is 0 Å². The molecular weight excluding hydrogens is 186 g/mol. The SMILES string of the molecule is COC(C)C(=O)NC(C)(C)C(N)=NO. The Labute approximate surface area is 83.1 Å². The molecule has 6 heteroatoms. The molecule has 0 aliphatic rings. The molecule has 0 spiro atoms. The smallest absolute Gasteiger partial charge is 0.249 e. The van der Waals surface area contributed by atoms with E-state index in [1.54, 1.807) is 20.8 Å². The van der Waals surface area contributed by atoms with Crippen molar-refractivity contribution in [2.45, 2.75) is 32.4 Å². The maximum atomic E-state index is 11.4. The molecule has 0 saturated heterocycles. The molecule has 14 heavy (non-hydrogen) atoms. The first-order chi connectivity index (χ1) is 6.35. The minimum absolute atomic E-state index is 0.0610. The highest BCUT2D eigenvalue weighted by atomic mass is 16.5. The number of nitrogens with zero attached hydrogens (tertiary/aromatic N) is 1. The Morgan fingerprint density at radius 1 is 1.64 bits per heavy atom. The lowest BCUT2D eigenvalue weighted by Gasteiger charge is -2.25. The highest BCUT2D eigenvalue weighted by Crippen LogP contribution is 2.03. The summed E-state index contributed by atoms with van der Waals surface area (Å²) in [5, 5.41) is 13.9. The molecule has 1 atom stereocenters. The second-order valence-electron chi connectivity index (χ2n) is 3.48. The molecular formula is C8H17N3O3. The third-order valence-electron chi connectivity index (χ3n) is 1.91. The number of methoxy groups -OCH3 is 1. The first kappa shape index (κ1) is 12.7. The molecule has 0 heterocycles. The van der Waals surface area contributed by atoms with Crippen LogP contribution in [0.2, 0.25) is 0 Å². The first-order valence-corrected chi connectivity index (χ1v) is 4.18. The number of oxime groups is 1. The Morgan fingerprint density at radius 2 is 2.14 bits per heavy atom. The summed E-state index contributed by atoms with van der Waals surface area (Å²) in [5.41, 5.74) is 4.49. The maximum Gasteiger partial charge on any atom is 0.249 e. The van der Waals surface area contributed by atoms with Crippen LogP contribution in [0.25, 0.3) is 0 Å². The molecule has 0 rings (SSSR count). The summed E-state index contributed by atoms with van der Waals surface area (Å²) in [6, 6.07) is 0. The molecule has 6 nitrogen and oxygen atoms in total. The monoisotopic (exact) mass is 203 g/mol. The average Bonchev–Trinajstić information content (AvgIpc) is 2.14. The lowest BCUT2D eigenvalue weighted by molar-refractivity contribution is -0.131. The van der Waals surface area contributed by atoms with Crippen molar-refractivity contribution in [2.75, 3.05) is 7.11 Å². The standard InChI is InChI=1S/C8H17N3O3/c1-5(14-4)6(12)10-8(2,3)7(9)11-13/h5,13H,1-4H3,(H2,9,11)(H,10,12). The summed E-state index contributed by atoms with van der Waals surface area (Å²) in [5.74, 6) is -0.377. The minimum Gasteiger partial charge on any atom is -0.409 e. The van der Waals surface area contributed by atoms with Gasteiger partial charge in [0.05, 0.1) is 5.54 Å². The van der Waals surface area contributed by atoms with Crippen LogP contribution in [0.15, 0.2) is 5.16 Å². The number of carbonyl (C=O) groups is 1. The molecule has 0 fully saturated rings. The quantitative estimate of drug-likeness (QED) is 0.252. The second-order valence-corrected chi connectivity index (χ2v) is 3.48. The van der Waals surface area contributed by atoms with E-state index in [1.165, 1.54) is 7.11 Å². The van der Waals surface area contributed by atoms with Crippen LogP contribution < -0.4 is 11.1 Å². The predicted molar refractivity (Wildman–Crippen MR) is 52.1 cm³/mol. The van der Waals surface area contributed by atoms with Gasteiger partial charge in [0.2, 0.25) is 5.91 Å². The summed E-state index contributed by atoms with van der Waals surface area (Å²) in [6.45, 7) is 4.86. The van der Waals surface area contributed by atoms with Gasteiger partial charge in [0, 0.05) is 7.11 Å².